The molecular formula is C15H27N3O2. The molecule has 0 spiro atoms. The highest BCUT2D eigenvalue weighted by Crippen LogP contribution is 2.19. The highest BCUT2D eigenvalue weighted by Gasteiger charge is 2.21. The van der Waals surface area contributed by atoms with Crippen molar-refractivity contribution in [1.29, 1.82) is 0 Å². The molecule has 0 aliphatic carbocycles. The molecule has 1 atom stereocenters. The van der Waals surface area contributed by atoms with Crippen LogP contribution >= 0.6 is 0 Å². The highest BCUT2D eigenvalue weighted by atomic mass is 16.5. The summed E-state index contributed by atoms with van der Waals surface area (Å²) in [5.41, 5.74) is 0.985. The average molecular weight is 281 g/mol. The van der Waals surface area contributed by atoms with Crippen molar-refractivity contribution in [3.8, 4) is 0 Å². The molecular weight excluding hydrogens is 254 g/mol. The van der Waals surface area contributed by atoms with Gasteiger partial charge in [-0.3, -0.25) is 4.90 Å². The number of methoxy groups -OCH3 is 1. The van der Waals surface area contributed by atoms with Gasteiger partial charge in [0.25, 0.3) is 0 Å². The number of hydrogen-bond donors (Lipinski definition) is 1. The molecule has 1 aliphatic rings. The number of piperidine rings is 1. The molecule has 5 nitrogen and oxygen atoms in total. The minimum Gasteiger partial charge on any atom is -0.384 e. The van der Waals surface area contributed by atoms with Crippen LogP contribution in [-0.2, 0) is 17.8 Å². The molecule has 1 fully saturated rings. The van der Waals surface area contributed by atoms with Crippen LogP contribution in [-0.4, -0.2) is 42.9 Å². The minimum atomic E-state index is 0.465. The second-order valence-electron chi connectivity index (χ2n) is 6.02. The number of nitrogens with one attached hydrogen (secondary N) is 1. The van der Waals surface area contributed by atoms with Gasteiger partial charge in [-0.2, -0.15) is 0 Å². The minimum absolute atomic E-state index is 0.465. The molecule has 1 aromatic rings. The van der Waals surface area contributed by atoms with Crippen molar-refractivity contribution in [2.24, 2.45) is 5.92 Å². The lowest BCUT2D eigenvalue weighted by atomic mass is 9.99. The third-order valence-electron chi connectivity index (χ3n) is 3.68. The van der Waals surface area contributed by atoms with E-state index in [4.69, 9.17) is 9.26 Å². The van der Waals surface area contributed by atoms with E-state index in [-0.39, 0.29) is 0 Å². The molecule has 0 radical (unpaired) electrons. The first kappa shape index (κ1) is 15.5. The molecule has 0 saturated carbocycles. The van der Waals surface area contributed by atoms with E-state index in [1.54, 1.807) is 7.11 Å². The van der Waals surface area contributed by atoms with Gasteiger partial charge < -0.3 is 14.6 Å². The van der Waals surface area contributed by atoms with Crippen LogP contribution in [0.15, 0.2) is 10.6 Å². The topological polar surface area (TPSA) is 50.5 Å². The Hall–Kier alpha value is -0.910. The zero-order valence-corrected chi connectivity index (χ0v) is 12.9. The van der Waals surface area contributed by atoms with Crippen molar-refractivity contribution in [3.05, 3.63) is 17.5 Å². The van der Waals surface area contributed by atoms with Crippen molar-refractivity contribution in [2.45, 2.75) is 45.8 Å². The maximum Gasteiger partial charge on any atom is 0.151 e. The zero-order chi connectivity index (χ0) is 14.4. The molecule has 114 valence electrons. The van der Waals surface area contributed by atoms with Crippen molar-refractivity contribution >= 4 is 0 Å². The molecule has 5 heteroatoms. The van der Waals surface area contributed by atoms with E-state index in [9.17, 15) is 0 Å². The summed E-state index contributed by atoms with van der Waals surface area (Å²) in [6.45, 7) is 8.97. The molecule has 2 rings (SSSR count). The largest absolute Gasteiger partial charge is 0.384 e. The quantitative estimate of drug-likeness (QED) is 0.829. The lowest BCUT2D eigenvalue weighted by Crippen LogP contribution is -2.36. The summed E-state index contributed by atoms with van der Waals surface area (Å²) in [7, 11) is 1.78. The first-order valence-electron chi connectivity index (χ1n) is 7.56. The molecule has 1 saturated heterocycles. The van der Waals surface area contributed by atoms with Crippen molar-refractivity contribution < 1.29 is 9.26 Å². The normalized spacial score (nSPS) is 20.7. The van der Waals surface area contributed by atoms with Crippen LogP contribution in [0.25, 0.3) is 0 Å². The van der Waals surface area contributed by atoms with E-state index in [0.717, 1.165) is 44.2 Å². The first-order valence-corrected chi connectivity index (χ1v) is 7.56. The Morgan fingerprint density at radius 2 is 2.40 bits per heavy atom. The first-order chi connectivity index (χ1) is 9.67. The van der Waals surface area contributed by atoms with E-state index in [0.29, 0.717) is 12.0 Å². The number of nitrogens with zero attached hydrogens (tertiary/aromatic N) is 2. The maximum absolute atomic E-state index is 5.43. The van der Waals surface area contributed by atoms with Gasteiger partial charge in [0, 0.05) is 32.3 Å². The van der Waals surface area contributed by atoms with Crippen molar-refractivity contribution in [3.63, 3.8) is 0 Å². The predicted octanol–water partition coefficient (Wildman–Crippen LogP) is 2.03. The summed E-state index contributed by atoms with van der Waals surface area (Å²) in [5, 5.41) is 7.47. The summed E-state index contributed by atoms with van der Waals surface area (Å²) in [4.78, 5) is 2.44. The average Bonchev–Trinajstić information content (AvgIpc) is 2.85. The van der Waals surface area contributed by atoms with Gasteiger partial charge in [-0.15, -0.1) is 0 Å². The SMILES string of the molecule is COCC1CCCN(Cc2cc(CNC(C)C)no2)C1. The highest BCUT2D eigenvalue weighted by molar-refractivity contribution is 5.05. The smallest absolute Gasteiger partial charge is 0.151 e. The number of likely N-dealkylation sites (tertiary alicyclic amines) is 1. The van der Waals surface area contributed by atoms with Gasteiger partial charge >= 0.3 is 0 Å². The summed E-state index contributed by atoms with van der Waals surface area (Å²) in [5.74, 6) is 1.61. The van der Waals surface area contributed by atoms with Crippen molar-refractivity contribution in [2.75, 3.05) is 26.8 Å². The van der Waals surface area contributed by atoms with Crippen LogP contribution in [0.4, 0.5) is 0 Å². The third-order valence-corrected chi connectivity index (χ3v) is 3.68. The number of aromatic nitrogens is 1. The van der Waals surface area contributed by atoms with Gasteiger partial charge in [-0.05, 0) is 25.3 Å². The number of hydrogen-bond acceptors (Lipinski definition) is 5. The molecule has 0 bridgehead atoms. The van der Waals surface area contributed by atoms with Gasteiger partial charge in [0.1, 0.15) is 0 Å². The van der Waals surface area contributed by atoms with Crippen LogP contribution in [0.5, 0.6) is 0 Å². The third kappa shape index (κ3) is 4.89. The Bertz CT molecular complexity index is 390. The second kappa shape index (κ2) is 7.76. The summed E-state index contributed by atoms with van der Waals surface area (Å²) in [6.07, 6.45) is 2.51. The number of ether oxygens (including phenoxy) is 1. The Morgan fingerprint density at radius 3 is 3.15 bits per heavy atom. The van der Waals surface area contributed by atoms with Gasteiger partial charge in [0.05, 0.1) is 18.8 Å². The Kier molecular flexibility index (Phi) is 6.01. The monoisotopic (exact) mass is 281 g/mol. The van der Waals surface area contributed by atoms with Gasteiger partial charge in [-0.25, -0.2) is 0 Å². The van der Waals surface area contributed by atoms with E-state index in [1.807, 2.05) is 0 Å². The van der Waals surface area contributed by atoms with Crippen LogP contribution in [0, 0.1) is 5.92 Å². The molecule has 1 N–H and O–H groups in total. The molecule has 1 aromatic heterocycles. The summed E-state index contributed by atoms with van der Waals surface area (Å²) < 4.78 is 10.7. The van der Waals surface area contributed by atoms with E-state index < -0.39 is 0 Å². The fourth-order valence-electron chi connectivity index (χ4n) is 2.71. The molecule has 1 aliphatic heterocycles. The number of rotatable bonds is 7. The van der Waals surface area contributed by atoms with Crippen LogP contribution in [0.3, 0.4) is 0 Å². The van der Waals surface area contributed by atoms with Crippen LogP contribution < -0.4 is 5.32 Å². The van der Waals surface area contributed by atoms with E-state index >= 15 is 0 Å². The van der Waals surface area contributed by atoms with Gasteiger partial charge in [0.2, 0.25) is 0 Å². The summed E-state index contributed by atoms with van der Waals surface area (Å²) in [6, 6.07) is 2.53. The molecule has 0 aromatic carbocycles. The van der Waals surface area contributed by atoms with Gasteiger partial charge in [-0.1, -0.05) is 19.0 Å². The van der Waals surface area contributed by atoms with Crippen LogP contribution in [0.1, 0.15) is 38.1 Å². The van der Waals surface area contributed by atoms with E-state index in [2.05, 4.69) is 35.3 Å². The molecule has 2 heterocycles. The standard InChI is InChI=1S/C15H27N3O2/c1-12(2)16-8-14-7-15(20-17-14)10-18-6-4-5-13(9-18)11-19-3/h7,12-13,16H,4-6,8-11H2,1-3H3. The molecule has 1 unspecified atom stereocenters. The fraction of sp³-hybridized carbons (Fsp3) is 0.800. The fourth-order valence-corrected chi connectivity index (χ4v) is 2.71. The predicted molar refractivity (Wildman–Crippen MR) is 78.4 cm³/mol. The molecule has 0 amide bonds. The van der Waals surface area contributed by atoms with Crippen molar-refractivity contribution in [1.82, 2.24) is 15.4 Å². The second-order valence-corrected chi connectivity index (χ2v) is 6.02. The lowest BCUT2D eigenvalue weighted by molar-refractivity contribution is 0.0829. The van der Waals surface area contributed by atoms with E-state index in [1.165, 1.54) is 12.8 Å². The zero-order valence-electron chi connectivity index (χ0n) is 12.9. The van der Waals surface area contributed by atoms with Crippen LogP contribution in [0.2, 0.25) is 0 Å². The Labute approximate surface area is 121 Å². The Balaban J connectivity index is 1.80. The maximum atomic E-state index is 5.43. The lowest BCUT2D eigenvalue weighted by Gasteiger charge is -2.31. The molecule has 20 heavy (non-hydrogen) atoms. The Morgan fingerprint density at radius 1 is 1.55 bits per heavy atom. The van der Waals surface area contributed by atoms with Gasteiger partial charge in [0.15, 0.2) is 5.76 Å². The summed E-state index contributed by atoms with van der Waals surface area (Å²) >= 11 is 0.